The Morgan fingerprint density at radius 3 is 1.55 bits per heavy atom. The molecule has 0 bridgehead atoms. The van der Waals surface area contributed by atoms with Crippen LogP contribution in [0.25, 0.3) is 0 Å². The molecule has 328 valence electrons. The number of quaternary nitrogens is 1. The van der Waals surface area contributed by atoms with Crippen LogP contribution in [0.15, 0.2) is 97.2 Å². The number of hydrogen-bond donors (Lipinski definition) is 0. The fraction of sp³-hybridized carbons (Fsp3) is 0.620. The lowest BCUT2D eigenvalue weighted by Gasteiger charge is -2.34. The summed E-state index contributed by atoms with van der Waals surface area (Å²) < 4.78 is 17.1. The number of likely N-dealkylation sites (N-methyl/N-ethyl adjacent to an activating group) is 1. The first kappa shape index (κ1) is 54.2. The van der Waals surface area contributed by atoms with Gasteiger partial charge in [0.15, 0.2) is 6.10 Å². The van der Waals surface area contributed by atoms with Gasteiger partial charge < -0.3 is 28.6 Å². The SMILES string of the molecule is CC/C=C/C=C/C=C/CCCCCCCCCC(=O)OCC(COCCC(C(=O)[O-])[N+](C)(C)C)OC(=O)CCCCC/C=C/C/C=C/C/C=C/C/C=C/C/C=C/CC. The number of carbonyl (C=O) groups is 3. The normalized spacial score (nSPS) is 13.9. The third-order valence-electron chi connectivity index (χ3n) is 9.28. The van der Waals surface area contributed by atoms with E-state index in [4.69, 9.17) is 14.2 Å². The van der Waals surface area contributed by atoms with Crippen molar-refractivity contribution >= 4 is 17.9 Å². The average molecular weight is 808 g/mol. The second-order valence-corrected chi connectivity index (χ2v) is 15.6. The summed E-state index contributed by atoms with van der Waals surface area (Å²) in [6.45, 7) is 4.35. The van der Waals surface area contributed by atoms with Crippen molar-refractivity contribution in [2.24, 2.45) is 0 Å². The van der Waals surface area contributed by atoms with E-state index >= 15 is 0 Å². The van der Waals surface area contributed by atoms with Crippen LogP contribution >= 0.6 is 0 Å². The molecular formula is C50H81NO7. The Bertz CT molecular complexity index is 1260. The summed E-state index contributed by atoms with van der Waals surface area (Å²) in [5.41, 5.74) is 0. The Hall–Kier alpha value is -3.75. The number of unbranched alkanes of at least 4 members (excludes halogenated alkanes) is 10. The van der Waals surface area contributed by atoms with E-state index in [1.807, 2.05) is 0 Å². The van der Waals surface area contributed by atoms with E-state index in [2.05, 4.69) is 111 Å². The van der Waals surface area contributed by atoms with Gasteiger partial charge in [0.05, 0.1) is 40.3 Å². The molecule has 8 heteroatoms. The van der Waals surface area contributed by atoms with Gasteiger partial charge in [-0.2, -0.15) is 0 Å². The molecule has 2 atom stereocenters. The minimum absolute atomic E-state index is 0.0167. The van der Waals surface area contributed by atoms with Gasteiger partial charge in [-0.15, -0.1) is 0 Å². The summed E-state index contributed by atoms with van der Waals surface area (Å²) in [6.07, 6.45) is 52.9. The van der Waals surface area contributed by atoms with Gasteiger partial charge >= 0.3 is 11.9 Å². The first-order valence-electron chi connectivity index (χ1n) is 22.3. The highest BCUT2D eigenvalue weighted by Gasteiger charge is 2.25. The molecule has 0 amide bonds. The fourth-order valence-electron chi connectivity index (χ4n) is 5.86. The standard InChI is InChI=1S/C50H81NO7/c1-6-8-10-12-14-16-18-20-22-23-24-25-27-29-31-33-35-37-39-41-49(53)58-46(44-56-43-42-47(50(54)55)51(3,4)5)45-57-48(52)40-38-36-34-32-30-28-26-21-19-17-15-13-11-9-7-2/h8-11,13-17,19-20,22,24-25,29,31,46-47H,6-7,12,18,21,23,26-28,30,32-45H2,1-5H3/b10-8+,11-9+,15-13+,16-14+,19-17+,22-20+,25-24+,31-29+. The Balaban J connectivity index is 4.44. The lowest BCUT2D eigenvalue weighted by Crippen LogP contribution is -2.55. The first-order valence-corrected chi connectivity index (χ1v) is 22.3. The number of carboxylic acid groups (broad SMARTS) is 1. The Labute approximate surface area is 354 Å². The van der Waals surface area contributed by atoms with Crippen molar-refractivity contribution in [1.82, 2.24) is 0 Å². The van der Waals surface area contributed by atoms with Gasteiger partial charge in [0.2, 0.25) is 0 Å². The van der Waals surface area contributed by atoms with Crippen molar-refractivity contribution in [2.45, 2.75) is 161 Å². The Morgan fingerprint density at radius 1 is 0.534 bits per heavy atom. The monoisotopic (exact) mass is 808 g/mol. The number of carboxylic acids is 1. The summed E-state index contributed by atoms with van der Waals surface area (Å²) in [5, 5.41) is 11.6. The molecule has 0 heterocycles. The molecule has 0 N–H and O–H groups in total. The lowest BCUT2D eigenvalue weighted by atomic mass is 10.1. The third-order valence-corrected chi connectivity index (χ3v) is 9.28. The van der Waals surface area contributed by atoms with E-state index < -0.39 is 18.1 Å². The van der Waals surface area contributed by atoms with E-state index in [-0.39, 0.29) is 49.1 Å². The zero-order chi connectivity index (χ0) is 42.8. The zero-order valence-electron chi connectivity index (χ0n) is 37.2. The van der Waals surface area contributed by atoms with Crippen LogP contribution in [-0.2, 0) is 28.6 Å². The number of carbonyl (C=O) groups excluding carboxylic acids is 3. The molecular weight excluding hydrogens is 727 g/mol. The largest absolute Gasteiger partial charge is 0.544 e. The van der Waals surface area contributed by atoms with Crippen molar-refractivity contribution in [2.75, 3.05) is 41.0 Å². The van der Waals surface area contributed by atoms with E-state index in [1.54, 1.807) is 21.1 Å². The highest BCUT2D eigenvalue weighted by Crippen LogP contribution is 2.12. The van der Waals surface area contributed by atoms with Gasteiger partial charge in [-0.05, 0) is 77.0 Å². The van der Waals surface area contributed by atoms with Gasteiger partial charge in [-0.25, -0.2) is 0 Å². The second-order valence-electron chi connectivity index (χ2n) is 15.6. The number of nitrogens with zero attached hydrogens (tertiary/aromatic N) is 1. The van der Waals surface area contributed by atoms with Gasteiger partial charge in [-0.1, -0.05) is 150 Å². The summed E-state index contributed by atoms with van der Waals surface area (Å²) in [7, 11) is 5.38. The fourth-order valence-corrected chi connectivity index (χ4v) is 5.86. The molecule has 8 nitrogen and oxygen atoms in total. The van der Waals surface area contributed by atoms with E-state index in [0.29, 0.717) is 12.8 Å². The molecule has 0 fully saturated rings. The van der Waals surface area contributed by atoms with Gasteiger partial charge in [-0.3, -0.25) is 9.59 Å². The van der Waals surface area contributed by atoms with Crippen LogP contribution in [0.4, 0.5) is 0 Å². The van der Waals surface area contributed by atoms with Gasteiger partial charge in [0, 0.05) is 19.3 Å². The number of hydrogen-bond acceptors (Lipinski definition) is 7. The van der Waals surface area contributed by atoms with E-state index in [0.717, 1.165) is 89.9 Å². The van der Waals surface area contributed by atoms with Crippen LogP contribution < -0.4 is 5.11 Å². The molecule has 0 aliphatic heterocycles. The van der Waals surface area contributed by atoms with Crippen molar-refractivity contribution < 1.29 is 38.2 Å². The Kier molecular flexibility index (Phi) is 37.5. The van der Waals surface area contributed by atoms with Crippen molar-refractivity contribution in [3.63, 3.8) is 0 Å². The van der Waals surface area contributed by atoms with Crippen LogP contribution in [-0.4, -0.2) is 75.5 Å². The van der Waals surface area contributed by atoms with Crippen molar-refractivity contribution in [3.05, 3.63) is 97.2 Å². The first-order chi connectivity index (χ1) is 28.1. The maximum atomic E-state index is 12.7. The predicted octanol–water partition coefficient (Wildman–Crippen LogP) is 11.0. The highest BCUT2D eigenvalue weighted by molar-refractivity contribution is 5.70. The summed E-state index contributed by atoms with van der Waals surface area (Å²) in [4.78, 5) is 36.9. The molecule has 0 aliphatic carbocycles. The number of ether oxygens (including phenoxy) is 3. The lowest BCUT2D eigenvalue weighted by molar-refractivity contribution is -0.889. The Morgan fingerprint density at radius 2 is 1.00 bits per heavy atom. The molecule has 0 spiro atoms. The molecule has 0 saturated heterocycles. The second kappa shape index (κ2) is 40.0. The summed E-state index contributed by atoms with van der Waals surface area (Å²) >= 11 is 0. The molecule has 0 aromatic rings. The minimum atomic E-state index is -1.14. The molecule has 0 aromatic heterocycles. The third kappa shape index (κ3) is 37.8. The number of rotatable bonds is 38. The zero-order valence-corrected chi connectivity index (χ0v) is 37.2. The van der Waals surface area contributed by atoms with Crippen LogP contribution in [0, 0.1) is 0 Å². The van der Waals surface area contributed by atoms with Crippen LogP contribution in [0.5, 0.6) is 0 Å². The van der Waals surface area contributed by atoms with Crippen LogP contribution in [0.2, 0.25) is 0 Å². The summed E-state index contributed by atoms with van der Waals surface area (Å²) in [5.74, 6) is -1.81. The molecule has 0 aliphatic rings. The van der Waals surface area contributed by atoms with E-state index in [1.165, 1.54) is 19.3 Å². The van der Waals surface area contributed by atoms with Crippen LogP contribution in [0.1, 0.15) is 149 Å². The topological polar surface area (TPSA) is 102 Å². The van der Waals surface area contributed by atoms with Crippen LogP contribution in [0.3, 0.4) is 0 Å². The quantitative estimate of drug-likeness (QED) is 0.0201. The highest BCUT2D eigenvalue weighted by atomic mass is 16.6. The maximum Gasteiger partial charge on any atom is 0.306 e. The minimum Gasteiger partial charge on any atom is -0.544 e. The maximum absolute atomic E-state index is 12.7. The molecule has 0 radical (unpaired) electrons. The number of aliphatic carboxylic acids is 1. The molecule has 0 saturated carbocycles. The summed E-state index contributed by atoms with van der Waals surface area (Å²) in [6, 6.07) is -0.740. The molecule has 0 aromatic carbocycles. The van der Waals surface area contributed by atoms with Gasteiger partial charge in [0.25, 0.3) is 0 Å². The van der Waals surface area contributed by atoms with E-state index in [9.17, 15) is 19.5 Å². The number of allylic oxidation sites excluding steroid dienone is 16. The molecule has 58 heavy (non-hydrogen) atoms. The van der Waals surface area contributed by atoms with Crippen molar-refractivity contribution in [3.8, 4) is 0 Å². The predicted molar refractivity (Wildman–Crippen MR) is 240 cm³/mol. The number of esters is 2. The average Bonchev–Trinajstić information content (AvgIpc) is 3.18. The van der Waals surface area contributed by atoms with Gasteiger partial charge in [0.1, 0.15) is 12.6 Å². The molecule has 2 unspecified atom stereocenters. The van der Waals surface area contributed by atoms with Crippen molar-refractivity contribution in [1.29, 1.82) is 0 Å². The smallest absolute Gasteiger partial charge is 0.306 e. The molecule has 0 rings (SSSR count).